The van der Waals surface area contributed by atoms with Crippen LogP contribution in [0.25, 0.3) is 0 Å². The van der Waals surface area contributed by atoms with Crippen LogP contribution in [0.5, 0.6) is 0 Å². The minimum Gasteiger partial charge on any atom is -0.458 e. The van der Waals surface area contributed by atoms with Crippen molar-refractivity contribution >= 4 is 11.9 Å². The fraction of sp³-hybridized carbons (Fsp3) is 0.500. The Bertz CT molecular complexity index is 645. The minimum absolute atomic E-state index is 0.366. The highest BCUT2D eigenvalue weighted by Crippen LogP contribution is 2.26. The van der Waals surface area contributed by atoms with Gasteiger partial charge in [0, 0.05) is 20.3 Å². The molecular weight excluding hydrogens is 304 g/mol. The maximum Gasteiger partial charge on any atom is 0.303 e. The van der Waals surface area contributed by atoms with E-state index < -0.39 is 12.2 Å². The standard InChI is InChI=1S/C20H26O4/c1-13-10-11-14(2)18-12-20(24-16(4)22)19(23-15(3)21)9-7-5-6-8-17(13)18/h7,9-11,19-20H,5-6,8,12H2,1-4H3/b9-7-. The molecule has 1 aromatic carbocycles. The number of esters is 2. The largest absolute Gasteiger partial charge is 0.458 e. The molecule has 130 valence electrons. The van der Waals surface area contributed by atoms with E-state index in [2.05, 4.69) is 26.0 Å². The number of ether oxygens (including phenoxy) is 2. The highest BCUT2D eigenvalue weighted by Gasteiger charge is 2.27. The minimum atomic E-state index is -0.558. The maximum atomic E-state index is 11.6. The Kier molecular flexibility index (Phi) is 6.18. The van der Waals surface area contributed by atoms with Crippen molar-refractivity contribution in [3.05, 3.63) is 46.5 Å². The molecule has 0 fully saturated rings. The summed E-state index contributed by atoms with van der Waals surface area (Å²) in [5, 5.41) is 0. The normalized spacial score (nSPS) is 22.2. The van der Waals surface area contributed by atoms with E-state index in [9.17, 15) is 9.59 Å². The Morgan fingerprint density at radius 1 is 1.00 bits per heavy atom. The van der Waals surface area contributed by atoms with Gasteiger partial charge in [0.1, 0.15) is 6.10 Å². The van der Waals surface area contributed by atoms with Gasteiger partial charge < -0.3 is 9.47 Å². The summed E-state index contributed by atoms with van der Waals surface area (Å²) < 4.78 is 10.9. The first-order chi connectivity index (χ1) is 11.4. The average Bonchev–Trinajstić information content (AvgIpc) is 2.50. The van der Waals surface area contributed by atoms with E-state index in [1.807, 2.05) is 12.2 Å². The lowest BCUT2D eigenvalue weighted by molar-refractivity contribution is -0.161. The zero-order valence-electron chi connectivity index (χ0n) is 14.9. The molecule has 2 unspecified atom stereocenters. The number of carbonyl (C=O) groups excluding carboxylic acids is 2. The van der Waals surface area contributed by atoms with Gasteiger partial charge in [0.05, 0.1) is 0 Å². The summed E-state index contributed by atoms with van der Waals surface area (Å²) in [6.45, 7) is 6.95. The molecule has 0 aliphatic heterocycles. The lowest BCUT2D eigenvalue weighted by atomic mass is 9.88. The Labute approximate surface area is 143 Å². The Morgan fingerprint density at radius 3 is 2.25 bits per heavy atom. The SMILES string of the molecule is CC(=O)OC1/C=C\CCCc2c(C)ccc(C)c2CC1OC(C)=O. The summed E-state index contributed by atoms with van der Waals surface area (Å²) >= 11 is 0. The predicted octanol–water partition coefficient (Wildman–Crippen LogP) is 3.60. The summed E-state index contributed by atoms with van der Waals surface area (Å²) in [4.78, 5) is 23.0. The van der Waals surface area contributed by atoms with E-state index in [4.69, 9.17) is 9.47 Å². The molecule has 4 heteroatoms. The lowest BCUT2D eigenvalue weighted by Crippen LogP contribution is -2.35. The molecule has 0 aromatic heterocycles. The van der Waals surface area contributed by atoms with Gasteiger partial charge in [-0.1, -0.05) is 18.2 Å². The van der Waals surface area contributed by atoms with Gasteiger partial charge >= 0.3 is 11.9 Å². The summed E-state index contributed by atoms with van der Waals surface area (Å²) in [6, 6.07) is 4.24. The summed E-state index contributed by atoms with van der Waals surface area (Å²) in [6.07, 6.45) is 6.28. The molecule has 0 saturated carbocycles. The Hall–Kier alpha value is -2.10. The molecule has 1 aromatic rings. The van der Waals surface area contributed by atoms with Crippen LogP contribution in [0.2, 0.25) is 0 Å². The number of hydrogen-bond donors (Lipinski definition) is 0. The van der Waals surface area contributed by atoms with Crippen LogP contribution < -0.4 is 0 Å². The molecule has 0 heterocycles. The first kappa shape index (κ1) is 18.2. The lowest BCUT2D eigenvalue weighted by Gasteiger charge is -2.27. The molecule has 0 bridgehead atoms. The average molecular weight is 330 g/mol. The van der Waals surface area contributed by atoms with E-state index in [0.717, 1.165) is 19.3 Å². The van der Waals surface area contributed by atoms with Crippen molar-refractivity contribution in [2.24, 2.45) is 0 Å². The van der Waals surface area contributed by atoms with Crippen molar-refractivity contribution in [1.82, 2.24) is 0 Å². The number of fused-ring (bicyclic) bond motifs is 1. The van der Waals surface area contributed by atoms with Crippen molar-refractivity contribution in [3.63, 3.8) is 0 Å². The monoisotopic (exact) mass is 330 g/mol. The number of allylic oxidation sites excluding steroid dienone is 1. The van der Waals surface area contributed by atoms with Crippen LogP contribution in [0.1, 0.15) is 48.9 Å². The van der Waals surface area contributed by atoms with Crippen LogP contribution in [-0.2, 0) is 31.9 Å². The van der Waals surface area contributed by atoms with E-state index in [0.29, 0.717) is 6.42 Å². The van der Waals surface area contributed by atoms with Gasteiger partial charge in [-0.2, -0.15) is 0 Å². The van der Waals surface area contributed by atoms with Crippen LogP contribution in [0.3, 0.4) is 0 Å². The van der Waals surface area contributed by atoms with Crippen molar-refractivity contribution in [2.75, 3.05) is 0 Å². The van der Waals surface area contributed by atoms with Crippen LogP contribution >= 0.6 is 0 Å². The highest BCUT2D eigenvalue weighted by molar-refractivity contribution is 5.67. The molecule has 0 N–H and O–H groups in total. The van der Waals surface area contributed by atoms with Crippen LogP contribution in [-0.4, -0.2) is 24.1 Å². The van der Waals surface area contributed by atoms with Gasteiger partial charge in [0.25, 0.3) is 0 Å². The number of benzene rings is 1. The van der Waals surface area contributed by atoms with E-state index in [1.165, 1.54) is 36.1 Å². The fourth-order valence-corrected chi connectivity index (χ4v) is 3.26. The maximum absolute atomic E-state index is 11.6. The second-order valence-corrected chi connectivity index (χ2v) is 6.40. The third kappa shape index (κ3) is 4.70. The second-order valence-electron chi connectivity index (χ2n) is 6.40. The molecule has 1 aliphatic rings. The van der Waals surface area contributed by atoms with Gasteiger partial charge in [-0.25, -0.2) is 0 Å². The topological polar surface area (TPSA) is 52.6 Å². The zero-order valence-corrected chi connectivity index (χ0v) is 14.9. The number of rotatable bonds is 2. The van der Waals surface area contributed by atoms with Gasteiger partial charge in [0.2, 0.25) is 0 Å². The molecule has 2 atom stereocenters. The van der Waals surface area contributed by atoms with E-state index in [1.54, 1.807) is 0 Å². The van der Waals surface area contributed by atoms with Crippen molar-refractivity contribution < 1.29 is 19.1 Å². The smallest absolute Gasteiger partial charge is 0.303 e. The van der Waals surface area contributed by atoms with Crippen LogP contribution in [0.4, 0.5) is 0 Å². The molecule has 0 amide bonds. The Morgan fingerprint density at radius 2 is 1.62 bits per heavy atom. The first-order valence-corrected chi connectivity index (χ1v) is 8.47. The zero-order chi connectivity index (χ0) is 17.7. The van der Waals surface area contributed by atoms with Gasteiger partial charge in [-0.3, -0.25) is 9.59 Å². The predicted molar refractivity (Wildman–Crippen MR) is 92.8 cm³/mol. The first-order valence-electron chi connectivity index (χ1n) is 8.47. The van der Waals surface area contributed by atoms with Crippen molar-refractivity contribution in [1.29, 1.82) is 0 Å². The van der Waals surface area contributed by atoms with Gasteiger partial charge in [0.15, 0.2) is 6.10 Å². The fourth-order valence-electron chi connectivity index (χ4n) is 3.26. The van der Waals surface area contributed by atoms with Gasteiger partial charge in [-0.05, 0) is 61.4 Å². The highest BCUT2D eigenvalue weighted by atomic mass is 16.6. The third-order valence-electron chi connectivity index (χ3n) is 4.41. The number of hydrogen-bond acceptors (Lipinski definition) is 4. The molecule has 4 nitrogen and oxygen atoms in total. The van der Waals surface area contributed by atoms with E-state index in [-0.39, 0.29) is 11.9 Å². The molecule has 0 saturated heterocycles. The molecule has 24 heavy (non-hydrogen) atoms. The second kappa shape index (κ2) is 8.13. The van der Waals surface area contributed by atoms with Crippen molar-refractivity contribution in [3.8, 4) is 0 Å². The summed E-state index contributed by atoms with van der Waals surface area (Å²) in [5.74, 6) is -0.741. The molecule has 0 spiro atoms. The third-order valence-corrected chi connectivity index (χ3v) is 4.41. The van der Waals surface area contributed by atoms with Crippen molar-refractivity contribution in [2.45, 2.75) is 65.6 Å². The Balaban J connectivity index is 2.45. The quantitative estimate of drug-likeness (QED) is 0.614. The van der Waals surface area contributed by atoms with Crippen LogP contribution in [0, 0.1) is 13.8 Å². The number of aryl methyl sites for hydroxylation is 2. The molecule has 1 aliphatic carbocycles. The molecule has 0 radical (unpaired) electrons. The summed E-state index contributed by atoms with van der Waals surface area (Å²) in [5.41, 5.74) is 4.96. The number of carbonyl (C=O) groups is 2. The van der Waals surface area contributed by atoms with Crippen LogP contribution in [0.15, 0.2) is 24.3 Å². The van der Waals surface area contributed by atoms with E-state index >= 15 is 0 Å². The summed E-state index contributed by atoms with van der Waals surface area (Å²) in [7, 11) is 0. The molecular formula is C20H26O4. The van der Waals surface area contributed by atoms with Gasteiger partial charge in [-0.15, -0.1) is 0 Å². The molecule has 2 rings (SSSR count).